The molecule has 1 fully saturated rings. The smallest absolute Gasteiger partial charge is 0.235 e. The molecular weight excluding hydrogens is 212 g/mol. The topological polar surface area (TPSA) is 41.1 Å². The van der Waals surface area contributed by atoms with Gasteiger partial charge in [0.2, 0.25) is 5.91 Å². The quantitative estimate of drug-likeness (QED) is 0.720. The van der Waals surface area contributed by atoms with E-state index in [0.717, 1.165) is 31.6 Å². The van der Waals surface area contributed by atoms with Crippen LogP contribution in [0.3, 0.4) is 0 Å². The third-order valence-corrected chi connectivity index (χ3v) is 3.58. The van der Waals surface area contributed by atoms with Gasteiger partial charge in [0.25, 0.3) is 0 Å². The Morgan fingerprint density at radius 1 is 1.12 bits per heavy atom. The Labute approximate surface area is 103 Å². The molecule has 1 aromatic carbocycles. The van der Waals surface area contributed by atoms with Gasteiger partial charge in [-0.05, 0) is 37.6 Å². The minimum Gasteiger partial charge on any atom is -0.325 e. The molecule has 0 atom stereocenters. The fraction of sp³-hybridized carbons (Fsp3) is 0.500. The maximum atomic E-state index is 12.1. The van der Waals surface area contributed by atoms with Gasteiger partial charge in [-0.15, -0.1) is 0 Å². The summed E-state index contributed by atoms with van der Waals surface area (Å²) in [5.74, 6) is 0.185. The molecule has 2 aliphatic heterocycles. The van der Waals surface area contributed by atoms with Gasteiger partial charge in [0.05, 0.1) is 5.41 Å². The highest BCUT2D eigenvalue weighted by Crippen LogP contribution is 2.43. The number of para-hydroxylation sites is 1. The van der Waals surface area contributed by atoms with E-state index in [1.807, 2.05) is 32.0 Å². The number of hydrogen-bond donors (Lipinski definition) is 2. The first-order valence-electron chi connectivity index (χ1n) is 6.45. The molecule has 0 aromatic heterocycles. The number of carbonyl (C=O) groups excluding carboxylic acids is 1. The molecule has 3 nitrogen and oxygen atoms in total. The van der Waals surface area contributed by atoms with E-state index in [0.29, 0.717) is 0 Å². The van der Waals surface area contributed by atoms with Crippen LogP contribution in [-0.4, -0.2) is 19.0 Å². The Morgan fingerprint density at radius 3 is 2.47 bits per heavy atom. The second-order valence-corrected chi connectivity index (χ2v) is 4.33. The molecule has 0 radical (unpaired) electrons. The van der Waals surface area contributed by atoms with E-state index in [4.69, 9.17) is 0 Å². The minimum atomic E-state index is -0.248. The molecule has 2 heterocycles. The lowest BCUT2D eigenvalue weighted by Gasteiger charge is -2.31. The fourth-order valence-corrected chi connectivity index (χ4v) is 2.72. The summed E-state index contributed by atoms with van der Waals surface area (Å²) in [5.41, 5.74) is 1.95. The first-order chi connectivity index (χ1) is 8.33. The molecule has 3 heteroatoms. The molecule has 2 N–H and O–H groups in total. The van der Waals surface area contributed by atoms with Gasteiger partial charge in [0.15, 0.2) is 0 Å². The van der Waals surface area contributed by atoms with E-state index < -0.39 is 0 Å². The standard InChI is InChI=1S/C12H14N2O.C2H6/c15-11-12(5-7-13-8-6-12)9-3-1-2-4-10(9)14-11;1-2/h1-4,13H,5-8H2,(H,14,15);1-2H3. The van der Waals surface area contributed by atoms with Crippen LogP contribution in [0.25, 0.3) is 0 Å². The van der Waals surface area contributed by atoms with Crippen LogP contribution in [0.5, 0.6) is 0 Å². The van der Waals surface area contributed by atoms with Crippen LogP contribution in [0.1, 0.15) is 32.3 Å². The summed E-state index contributed by atoms with van der Waals surface area (Å²) >= 11 is 0. The molecule has 1 amide bonds. The lowest BCUT2D eigenvalue weighted by Crippen LogP contribution is -2.44. The summed E-state index contributed by atoms with van der Waals surface area (Å²) in [7, 11) is 0. The molecule has 17 heavy (non-hydrogen) atoms. The van der Waals surface area contributed by atoms with E-state index in [-0.39, 0.29) is 11.3 Å². The zero-order valence-corrected chi connectivity index (χ0v) is 10.5. The summed E-state index contributed by atoms with van der Waals surface area (Å²) in [6.45, 7) is 5.86. The van der Waals surface area contributed by atoms with Crippen LogP contribution in [0.2, 0.25) is 0 Å². The van der Waals surface area contributed by atoms with E-state index in [2.05, 4.69) is 16.7 Å². The van der Waals surface area contributed by atoms with Gasteiger partial charge >= 0.3 is 0 Å². The first-order valence-corrected chi connectivity index (χ1v) is 6.45. The number of amides is 1. The number of benzene rings is 1. The lowest BCUT2D eigenvalue weighted by atomic mass is 9.74. The zero-order valence-electron chi connectivity index (χ0n) is 10.5. The van der Waals surface area contributed by atoms with Crippen molar-refractivity contribution in [2.75, 3.05) is 18.4 Å². The molecule has 92 valence electrons. The van der Waals surface area contributed by atoms with E-state index in [9.17, 15) is 4.79 Å². The van der Waals surface area contributed by atoms with Crippen LogP contribution in [0.15, 0.2) is 24.3 Å². The number of fused-ring (bicyclic) bond motifs is 2. The second-order valence-electron chi connectivity index (χ2n) is 4.33. The molecule has 2 aliphatic rings. The maximum absolute atomic E-state index is 12.1. The average Bonchev–Trinajstić information content (AvgIpc) is 2.67. The normalized spacial score (nSPS) is 20.2. The van der Waals surface area contributed by atoms with Gasteiger partial charge in [0, 0.05) is 5.69 Å². The summed E-state index contributed by atoms with van der Waals surface area (Å²) in [6, 6.07) is 8.06. The van der Waals surface area contributed by atoms with Crippen LogP contribution in [-0.2, 0) is 10.2 Å². The summed E-state index contributed by atoms with van der Waals surface area (Å²) in [4.78, 5) is 12.1. The van der Waals surface area contributed by atoms with Crippen molar-refractivity contribution in [2.24, 2.45) is 0 Å². The van der Waals surface area contributed by atoms with Crippen LogP contribution < -0.4 is 10.6 Å². The summed E-state index contributed by atoms with van der Waals surface area (Å²) < 4.78 is 0. The van der Waals surface area contributed by atoms with Gasteiger partial charge in [-0.3, -0.25) is 4.79 Å². The highest BCUT2D eigenvalue weighted by atomic mass is 16.2. The predicted octanol–water partition coefficient (Wildman–Crippen LogP) is 2.29. The number of hydrogen-bond acceptors (Lipinski definition) is 2. The zero-order chi connectivity index (χ0) is 12.3. The van der Waals surface area contributed by atoms with Crippen molar-refractivity contribution in [1.29, 1.82) is 0 Å². The Bertz CT molecular complexity index is 408. The largest absolute Gasteiger partial charge is 0.325 e. The fourth-order valence-electron chi connectivity index (χ4n) is 2.72. The summed E-state index contributed by atoms with van der Waals surface area (Å²) in [5, 5.41) is 6.30. The SMILES string of the molecule is CC.O=C1Nc2ccccc2C12CCNCC2. The predicted molar refractivity (Wildman–Crippen MR) is 70.2 cm³/mol. The monoisotopic (exact) mass is 232 g/mol. The van der Waals surface area contributed by atoms with Gasteiger partial charge in [-0.2, -0.15) is 0 Å². The maximum Gasteiger partial charge on any atom is 0.235 e. The molecule has 3 rings (SSSR count). The van der Waals surface area contributed by atoms with Crippen molar-refractivity contribution in [3.63, 3.8) is 0 Å². The minimum absolute atomic E-state index is 0.185. The van der Waals surface area contributed by atoms with Gasteiger partial charge in [-0.25, -0.2) is 0 Å². The molecular formula is C14H20N2O. The van der Waals surface area contributed by atoms with Crippen molar-refractivity contribution in [1.82, 2.24) is 5.32 Å². The highest BCUT2D eigenvalue weighted by Gasteiger charge is 2.46. The van der Waals surface area contributed by atoms with Crippen molar-refractivity contribution >= 4 is 11.6 Å². The van der Waals surface area contributed by atoms with E-state index in [1.165, 1.54) is 5.56 Å². The van der Waals surface area contributed by atoms with Crippen molar-refractivity contribution < 1.29 is 4.79 Å². The Kier molecular flexibility index (Phi) is 3.48. The van der Waals surface area contributed by atoms with Gasteiger partial charge < -0.3 is 10.6 Å². The molecule has 0 saturated carbocycles. The van der Waals surface area contributed by atoms with Crippen molar-refractivity contribution in [3.8, 4) is 0 Å². The molecule has 0 unspecified atom stereocenters. The van der Waals surface area contributed by atoms with E-state index in [1.54, 1.807) is 0 Å². The number of anilines is 1. The van der Waals surface area contributed by atoms with Crippen LogP contribution in [0.4, 0.5) is 5.69 Å². The second kappa shape index (κ2) is 4.88. The Hall–Kier alpha value is -1.35. The van der Waals surface area contributed by atoms with E-state index >= 15 is 0 Å². The highest BCUT2D eigenvalue weighted by molar-refractivity contribution is 6.06. The van der Waals surface area contributed by atoms with Gasteiger partial charge in [-0.1, -0.05) is 32.0 Å². The molecule has 1 aromatic rings. The Morgan fingerprint density at radius 2 is 1.76 bits per heavy atom. The lowest BCUT2D eigenvalue weighted by molar-refractivity contribution is -0.121. The number of nitrogens with one attached hydrogen (secondary N) is 2. The molecule has 0 bridgehead atoms. The average molecular weight is 232 g/mol. The van der Waals surface area contributed by atoms with Crippen molar-refractivity contribution in [3.05, 3.63) is 29.8 Å². The molecule has 1 saturated heterocycles. The number of carbonyl (C=O) groups is 1. The van der Waals surface area contributed by atoms with Gasteiger partial charge in [0.1, 0.15) is 0 Å². The third kappa shape index (κ3) is 1.84. The summed E-state index contributed by atoms with van der Waals surface area (Å²) in [6.07, 6.45) is 1.83. The van der Waals surface area contributed by atoms with Crippen molar-refractivity contribution in [2.45, 2.75) is 32.1 Å². The third-order valence-electron chi connectivity index (χ3n) is 3.58. The number of piperidine rings is 1. The van der Waals surface area contributed by atoms with Crippen LogP contribution in [0, 0.1) is 0 Å². The Balaban J connectivity index is 0.000000514. The molecule has 1 spiro atoms. The van der Waals surface area contributed by atoms with Crippen LogP contribution >= 0.6 is 0 Å². The number of rotatable bonds is 0. The first kappa shape index (κ1) is 12.1. The molecule has 0 aliphatic carbocycles.